The summed E-state index contributed by atoms with van der Waals surface area (Å²) >= 11 is 0. The molecule has 0 aliphatic heterocycles. The lowest BCUT2D eigenvalue weighted by Gasteiger charge is -2.19. The van der Waals surface area contributed by atoms with Crippen LogP contribution in [-0.4, -0.2) is 40.2 Å². The molecule has 7 heteroatoms. The van der Waals surface area contributed by atoms with Crippen molar-refractivity contribution in [1.82, 2.24) is 9.78 Å². The fraction of sp³-hybridized carbons (Fsp3) is 0.667. The average Bonchev–Trinajstić information content (AvgIpc) is 2.82. The van der Waals surface area contributed by atoms with E-state index in [1.807, 2.05) is 13.8 Å². The van der Waals surface area contributed by atoms with E-state index in [1.165, 1.54) is 12.3 Å². The van der Waals surface area contributed by atoms with Gasteiger partial charge in [-0.1, -0.05) is 13.8 Å². The molecule has 1 atom stereocenters. The topological polar surface area (TPSA) is 79.7 Å². The number of ether oxygens (including phenoxy) is 3. The number of esters is 1. The highest BCUT2D eigenvalue weighted by Gasteiger charge is 2.27. The molecule has 0 radical (unpaired) electrons. The lowest BCUT2D eigenvalue weighted by molar-refractivity contribution is -0.153. The fourth-order valence-corrected chi connectivity index (χ4v) is 1.59. The second-order valence-corrected chi connectivity index (χ2v) is 6.11. The summed E-state index contributed by atoms with van der Waals surface area (Å²) in [4.78, 5) is 23.7. The highest BCUT2D eigenvalue weighted by atomic mass is 16.6. The molecule has 22 heavy (non-hydrogen) atoms. The lowest BCUT2D eigenvalue weighted by atomic mass is 10.1. The number of hydrogen-bond donors (Lipinski definition) is 0. The number of carbonyl (C=O) groups is 2. The monoisotopic (exact) mass is 312 g/mol. The van der Waals surface area contributed by atoms with Gasteiger partial charge in [0, 0.05) is 18.2 Å². The lowest BCUT2D eigenvalue weighted by Crippen LogP contribution is -2.34. The molecule has 0 amide bonds. The number of nitrogens with zero attached hydrogens (tertiary/aromatic N) is 2. The van der Waals surface area contributed by atoms with Gasteiger partial charge >= 0.3 is 12.1 Å². The second kappa shape index (κ2) is 7.29. The average molecular weight is 312 g/mol. The van der Waals surface area contributed by atoms with Gasteiger partial charge in [-0.2, -0.15) is 4.68 Å². The third-order valence-corrected chi connectivity index (χ3v) is 2.52. The highest BCUT2D eigenvalue weighted by Crippen LogP contribution is 2.16. The normalized spacial score (nSPS) is 12.9. The molecule has 0 bridgehead atoms. The van der Waals surface area contributed by atoms with Gasteiger partial charge < -0.3 is 14.2 Å². The van der Waals surface area contributed by atoms with Crippen molar-refractivity contribution in [2.24, 2.45) is 5.92 Å². The van der Waals surface area contributed by atoms with Crippen molar-refractivity contribution >= 4 is 12.1 Å². The largest absolute Gasteiger partial charge is 0.463 e. The summed E-state index contributed by atoms with van der Waals surface area (Å²) in [5.41, 5.74) is -0.616. The van der Waals surface area contributed by atoms with Crippen LogP contribution < -0.4 is 4.74 Å². The molecule has 1 aromatic heterocycles. The van der Waals surface area contributed by atoms with Crippen LogP contribution in [-0.2, 0) is 14.3 Å². The summed E-state index contributed by atoms with van der Waals surface area (Å²) < 4.78 is 16.7. The van der Waals surface area contributed by atoms with Crippen LogP contribution in [0.5, 0.6) is 5.88 Å². The Labute approximate surface area is 130 Å². The van der Waals surface area contributed by atoms with E-state index >= 15 is 0 Å². The molecular weight excluding hydrogens is 288 g/mol. The van der Waals surface area contributed by atoms with Gasteiger partial charge in [0.1, 0.15) is 5.60 Å². The quantitative estimate of drug-likeness (QED) is 0.778. The Bertz CT molecular complexity index is 516. The molecule has 0 spiro atoms. The Hall–Kier alpha value is -2.05. The molecule has 0 aliphatic rings. The van der Waals surface area contributed by atoms with Crippen LogP contribution in [0.3, 0.4) is 0 Å². The molecule has 1 unspecified atom stereocenters. The van der Waals surface area contributed by atoms with Gasteiger partial charge in [0.05, 0.1) is 6.61 Å². The summed E-state index contributed by atoms with van der Waals surface area (Å²) in [6, 6.07) is 1.50. The molecule has 1 rings (SSSR count). The molecule has 0 N–H and O–H groups in total. The van der Waals surface area contributed by atoms with E-state index in [0.717, 1.165) is 4.68 Å². The van der Waals surface area contributed by atoms with Crippen molar-refractivity contribution < 1.29 is 23.8 Å². The van der Waals surface area contributed by atoms with E-state index in [1.54, 1.807) is 27.7 Å². The standard InChI is InChI=1S/C15H24N2O5/c1-7-20-13(18)12(10(2)3)21-11-8-9-17(16-11)14(19)22-15(4,5)6/h8-10,12H,7H2,1-6H3. The van der Waals surface area contributed by atoms with Crippen LogP contribution in [0.2, 0.25) is 0 Å². The van der Waals surface area contributed by atoms with Gasteiger partial charge in [-0.15, -0.1) is 5.10 Å². The maximum absolute atomic E-state index is 11.9. The van der Waals surface area contributed by atoms with Gasteiger partial charge in [-0.3, -0.25) is 0 Å². The van der Waals surface area contributed by atoms with Gasteiger partial charge in [0.2, 0.25) is 5.88 Å². The summed E-state index contributed by atoms with van der Waals surface area (Å²) in [6.45, 7) is 11.0. The Morgan fingerprint density at radius 3 is 2.45 bits per heavy atom. The highest BCUT2D eigenvalue weighted by molar-refractivity contribution is 5.75. The molecule has 0 aliphatic carbocycles. The molecule has 1 heterocycles. The van der Waals surface area contributed by atoms with Crippen LogP contribution in [0.15, 0.2) is 12.3 Å². The molecule has 1 aromatic rings. The molecule has 0 saturated heterocycles. The van der Waals surface area contributed by atoms with E-state index in [9.17, 15) is 9.59 Å². The Morgan fingerprint density at radius 2 is 1.95 bits per heavy atom. The van der Waals surface area contributed by atoms with Crippen molar-refractivity contribution in [3.8, 4) is 5.88 Å². The van der Waals surface area contributed by atoms with Crippen molar-refractivity contribution in [3.63, 3.8) is 0 Å². The minimum absolute atomic E-state index is 0.0919. The summed E-state index contributed by atoms with van der Waals surface area (Å²) in [5.74, 6) is -0.382. The smallest absolute Gasteiger partial charge is 0.435 e. The van der Waals surface area contributed by atoms with Crippen LogP contribution in [0, 0.1) is 5.92 Å². The third-order valence-electron chi connectivity index (χ3n) is 2.52. The van der Waals surface area contributed by atoms with E-state index < -0.39 is 23.8 Å². The molecule has 124 valence electrons. The first-order valence-corrected chi connectivity index (χ1v) is 7.26. The van der Waals surface area contributed by atoms with Crippen molar-refractivity contribution in [2.75, 3.05) is 6.61 Å². The SMILES string of the molecule is CCOC(=O)C(Oc1ccn(C(=O)OC(C)(C)C)n1)C(C)C. The van der Waals surface area contributed by atoms with Crippen LogP contribution in [0.1, 0.15) is 41.5 Å². The van der Waals surface area contributed by atoms with Crippen LogP contribution in [0.4, 0.5) is 4.79 Å². The van der Waals surface area contributed by atoms with E-state index in [2.05, 4.69) is 5.10 Å². The van der Waals surface area contributed by atoms with E-state index in [0.29, 0.717) is 0 Å². The molecule has 7 nitrogen and oxygen atoms in total. The minimum Gasteiger partial charge on any atom is -0.463 e. The van der Waals surface area contributed by atoms with Crippen molar-refractivity contribution in [2.45, 2.75) is 53.2 Å². The van der Waals surface area contributed by atoms with Crippen LogP contribution in [0.25, 0.3) is 0 Å². The first kappa shape index (κ1) is 18.0. The number of aromatic nitrogens is 2. The van der Waals surface area contributed by atoms with Gasteiger partial charge in [-0.25, -0.2) is 9.59 Å². The first-order chi connectivity index (χ1) is 10.1. The Balaban J connectivity index is 2.78. The molecule has 0 aromatic carbocycles. The number of carbonyl (C=O) groups excluding carboxylic acids is 2. The van der Waals surface area contributed by atoms with Gasteiger partial charge in [0.15, 0.2) is 6.10 Å². The molecule has 0 saturated carbocycles. The zero-order chi connectivity index (χ0) is 16.9. The zero-order valence-corrected chi connectivity index (χ0v) is 14.0. The molecule has 0 fully saturated rings. The summed E-state index contributed by atoms with van der Waals surface area (Å²) in [7, 11) is 0. The Kier molecular flexibility index (Phi) is 5.96. The van der Waals surface area contributed by atoms with Crippen LogP contribution >= 0.6 is 0 Å². The molecular formula is C15H24N2O5. The predicted octanol–water partition coefficient (Wildman–Crippen LogP) is 2.63. The van der Waals surface area contributed by atoms with E-state index in [-0.39, 0.29) is 18.4 Å². The maximum atomic E-state index is 11.9. The Morgan fingerprint density at radius 1 is 1.32 bits per heavy atom. The van der Waals surface area contributed by atoms with Gasteiger partial charge in [-0.05, 0) is 27.7 Å². The first-order valence-electron chi connectivity index (χ1n) is 7.26. The second-order valence-electron chi connectivity index (χ2n) is 6.11. The maximum Gasteiger partial charge on any atom is 0.435 e. The van der Waals surface area contributed by atoms with Crippen molar-refractivity contribution in [1.29, 1.82) is 0 Å². The zero-order valence-electron chi connectivity index (χ0n) is 14.0. The minimum atomic E-state index is -0.776. The number of rotatable bonds is 5. The fourth-order valence-electron chi connectivity index (χ4n) is 1.59. The summed E-state index contributed by atoms with van der Waals surface area (Å²) in [5, 5.41) is 3.97. The number of hydrogen-bond acceptors (Lipinski definition) is 6. The predicted molar refractivity (Wildman–Crippen MR) is 79.7 cm³/mol. The van der Waals surface area contributed by atoms with E-state index in [4.69, 9.17) is 14.2 Å². The van der Waals surface area contributed by atoms with Gasteiger partial charge in [0.25, 0.3) is 0 Å². The summed E-state index contributed by atoms with van der Waals surface area (Å²) in [6.07, 6.45) is 0.0351. The third kappa shape index (κ3) is 5.38. The van der Waals surface area contributed by atoms with Crippen molar-refractivity contribution in [3.05, 3.63) is 12.3 Å².